The Morgan fingerprint density at radius 3 is 2.80 bits per heavy atom. The first-order valence-corrected chi connectivity index (χ1v) is 5.75. The molecule has 0 saturated heterocycles. The van der Waals surface area contributed by atoms with Gasteiger partial charge >= 0.3 is 0 Å². The lowest BCUT2D eigenvalue weighted by Gasteiger charge is -2.16. The number of anilines is 1. The number of benzene rings is 1. The van der Waals surface area contributed by atoms with Gasteiger partial charge in [0.15, 0.2) is 0 Å². The summed E-state index contributed by atoms with van der Waals surface area (Å²) in [6.07, 6.45) is 3.82. The lowest BCUT2D eigenvalue weighted by Crippen LogP contribution is -2.16. The molecule has 1 aromatic carbocycles. The van der Waals surface area contributed by atoms with Crippen molar-refractivity contribution in [3.05, 3.63) is 29.8 Å². The largest absolute Gasteiger partial charge is 0.392 e. The molecule has 1 aliphatic rings. The van der Waals surface area contributed by atoms with Crippen LogP contribution in [0.5, 0.6) is 0 Å². The number of hydrogen-bond donors (Lipinski definition) is 2. The molecule has 0 amide bonds. The SMILES string of the molecule is C[C@H]1CC[C@@H](Nc2ccccc2CO)C1. The normalized spacial score (nSPS) is 25.5. The summed E-state index contributed by atoms with van der Waals surface area (Å²) in [6.45, 7) is 2.42. The van der Waals surface area contributed by atoms with Gasteiger partial charge in [0.05, 0.1) is 6.61 Å². The molecule has 2 nitrogen and oxygen atoms in total. The zero-order chi connectivity index (χ0) is 10.7. The number of aliphatic hydroxyl groups excluding tert-OH is 1. The van der Waals surface area contributed by atoms with E-state index in [4.69, 9.17) is 0 Å². The van der Waals surface area contributed by atoms with Crippen molar-refractivity contribution in [2.45, 2.75) is 38.8 Å². The molecule has 2 rings (SSSR count). The van der Waals surface area contributed by atoms with Crippen molar-refractivity contribution in [1.29, 1.82) is 0 Å². The smallest absolute Gasteiger partial charge is 0.0701 e. The summed E-state index contributed by atoms with van der Waals surface area (Å²) in [7, 11) is 0. The third-order valence-corrected chi connectivity index (χ3v) is 3.24. The highest BCUT2D eigenvalue weighted by atomic mass is 16.3. The van der Waals surface area contributed by atoms with E-state index < -0.39 is 0 Å². The van der Waals surface area contributed by atoms with Crippen molar-refractivity contribution < 1.29 is 5.11 Å². The van der Waals surface area contributed by atoms with Crippen LogP contribution in [-0.2, 0) is 6.61 Å². The minimum atomic E-state index is 0.117. The van der Waals surface area contributed by atoms with E-state index in [-0.39, 0.29) is 6.61 Å². The highest BCUT2D eigenvalue weighted by Gasteiger charge is 2.21. The summed E-state index contributed by atoms with van der Waals surface area (Å²) in [5.41, 5.74) is 2.09. The standard InChI is InChI=1S/C13H19NO/c1-10-6-7-12(8-10)14-13-5-3-2-4-11(13)9-15/h2-5,10,12,14-15H,6-9H2,1H3/t10-,12+/m0/s1. The Balaban J connectivity index is 2.04. The summed E-state index contributed by atoms with van der Waals surface area (Å²) in [4.78, 5) is 0. The average molecular weight is 205 g/mol. The quantitative estimate of drug-likeness (QED) is 0.795. The summed E-state index contributed by atoms with van der Waals surface area (Å²) < 4.78 is 0. The van der Waals surface area contributed by atoms with Crippen LogP contribution in [0.15, 0.2) is 24.3 Å². The molecule has 0 spiro atoms. The maximum absolute atomic E-state index is 9.20. The van der Waals surface area contributed by atoms with Gasteiger partial charge in [-0.15, -0.1) is 0 Å². The molecule has 15 heavy (non-hydrogen) atoms. The molecule has 0 unspecified atom stereocenters. The molecular formula is C13H19NO. The second-order valence-electron chi connectivity index (χ2n) is 4.57. The van der Waals surface area contributed by atoms with Crippen molar-refractivity contribution >= 4 is 5.69 Å². The lowest BCUT2D eigenvalue weighted by molar-refractivity contribution is 0.282. The Kier molecular flexibility index (Phi) is 3.27. The van der Waals surface area contributed by atoms with Crippen LogP contribution in [0.25, 0.3) is 0 Å². The van der Waals surface area contributed by atoms with Crippen LogP contribution in [0.4, 0.5) is 5.69 Å². The van der Waals surface area contributed by atoms with E-state index in [0.29, 0.717) is 6.04 Å². The van der Waals surface area contributed by atoms with Gasteiger partial charge in [0.1, 0.15) is 0 Å². The summed E-state index contributed by atoms with van der Waals surface area (Å²) >= 11 is 0. The van der Waals surface area contributed by atoms with Crippen molar-refractivity contribution in [2.24, 2.45) is 5.92 Å². The highest BCUT2D eigenvalue weighted by Crippen LogP contribution is 2.28. The van der Waals surface area contributed by atoms with Gasteiger partial charge in [-0.2, -0.15) is 0 Å². The molecule has 0 radical (unpaired) electrons. The van der Waals surface area contributed by atoms with Gasteiger partial charge < -0.3 is 10.4 Å². The molecule has 0 aliphatic heterocycles. The number of nitrogens with one attached hydrogen (secondary N) is 1. The zero-order valence-electron chi connectivity index (χ0n) is 9.24. The first kappa shape index (κ1) is 10.5. The van der Waals surface area contributed by atoms with Gasteiger partial charge in [0.2, 0.25) is 0 Å². The van der Waals surface area contributed by atoms with Gasteiger partial charge in [-0.05, 0) is 31.2 Å². The first-order valence-electron chi connectivity index (χ1n) is 5.75. The molecule has 1 aliphatic carbocycles. The Bertz CT molecular complexity index is 324. The Morgan fingerprint density at radius 1 is 1.33 bits per heavy atom. The third kappa shape index (κ3) is 2.51. The van der Waals surface area contributed by atoms with Crippen LogP contribution < -0.4 is 5.32 Å². The number of hydrogen-bond acceptors (Lipinski definition) is 2. The fourth-order valence-electron chi connectivity index (χ4n) is 2.36. The van der Waals surface area contributed by atoms with E-state index in [1.54, 1.807) is 0 Å². The van der Waals surface area contributed by atoms with Crippen LogP contribution in [0, 0.1) is 5.92 Å². The van der Waals surface area contributed by atoms with E-state index in [9.17, 15) is 5.11 Å². The van der Waals surface area contributed by atoms with E-state index in [2.05, 4.69) is 18.3 Å². The van der Waals surface area contributed by atoms with E-state index in [0.717, 1.165) is 17.2 Å². The predicted octanol–water partition coefficient (Wildman–Crippen LogP) is 2.78. The van der Waals surface area contributed by atoms with Crippen molar-refractivity contribution in [2.75, 3.05) is 5.32 Å². The molecule has 1 aromatic rings. The summed E-state index contributed by atoms with van der Waals surface area (Å²) in [6, 6.07) is 8.59. The maximum atomic E-state index is 9.20. The molecule has 1 fully saturated rings. The first-order chi connectivity index (χ1) is 7.29. The minimum absolute atomic E-state index is 0.117. The van der Waals surface area contributed by atoms with Gasteiger partial charge in [0, 0.05) is 17.3 Å². The Morgan fingerprint density at radius 2 is 2.13 bits per heavy atom. The van der Waals surface area contributed by atoms with Gasteiger partial charge in [-0.3, -0.25) is 0 Å². The summed E-state index contributed by atoms with van der Waals surface area (Å²) in [5.74, 6) is 0.837. The molecule has 2 heteroatoms. The maximum Gasteiger partial charge on any atom is 0.0701 e. The molecule has 0 bridgehead atoms. The third-order valence-electron chi connectivity index (χ3n) is 3.24. The number of rotatable bonds is 3. The predicted molar refractivity (Wildman–Crippen MR) is 62.8 cm³/mol. The van der Waals surface area contributed by atoms with Crippen LogP contribution in [0.3, 0.4) is 0 Å². The molecule has 2 N–H and O–H groups in total. The fraction of sp³-hybridized carbons (Fsp3) is 0.538. The van der Waals surface area contributed by atoms with E-state index in [1.807, 2.05) is 18.2 Å². The topological polar surface area (TPSA) is 32.3 Å². The second-order valence-corrected chi connectivity index (χ2v) is 4.57. The van der Waals surface area contributed by atoms with E-state index in [1.165, 1.54) is 19.3 Å². The fourth-order valence-corrected chi connectivity index (χ4v) is 2.36. The van der Waals surface area contributed by atoms with Gasteiger partial charge in [-0.25, -0.2) is 0 Å². The molecule has 0 heterocycles. The van der Waals surface area contributed by atoms with Crippen LogP contribution in [0.1, 0.15) is 31.7 Å². The zero-order valence-corrected chi connectivity index (χ0v) is 9.24. The number of para-hydroxylation sites is 1. The molecule has 0 aromatic heterocycles. The average Bonchev–Trinajstić information content (AvgIpc) is 2.65. The van der Waals surface area contributed by atoms with Crippen LogP contribution >= 0.6 is 0 Å². The molecular weight excluding hydrogens is 186 g/mol. The summed E-state index contributed by atoms with van der Waals surface area (Å²) in [5, 5.41) is 12.7. The molecule has 82 valence electrons. The van der Waals surface area contributed by atoms with Crippen LogP contribution in [-0.4, -0.2) is 11.1 Å². The van der Waals surface area contributed by atoms with Crippen molar-refractivity contribution in [3.8, 4) is 0 Å². The van der Waals surface area contributed by atoms with Gasteiger partial charge in [-0.1, -0.05) is 25.1 Å². The molecule has 2 atom stereocenters. The highest BCUT2D eigenvalue weighted by molar-refractivity contribution is 5.51. The molecule has 1 saturated carbocycles. The van der Waals surface area contributed by atoms with Crippen molar-refractivity contribution in [3.63, 3.8) is 0 Å². The van der Waals surface area contributed by atoms with E-state index >= 15 is 0 Å². The van der Waals surface area contributed by atoms with Crippen molar-refractivity contribution in [1.82, 2.24) is 0 Å². The Labute approximate surface area is 91.3 Å². The second kappa shape index (κ2) is 4.67. The lowest BCUT2D eigenvalue weighted by atomic mass is 10.1. The Hall–Kier alpha value is -1.02. The van der Waals surface area contributed by atoms with Crippen LogP contribution in [0.2, 0.25) is 0 Å². The number of aliphatic hydroxyl groups is 1. The monoisotopic (exact) mass is 205 g/mol. The minimum Gasteiger partial charge on any atom is -0.392 e. The van der Waals surface area contributed by atoms with Gasteiger partial charge in [0.25, 0.3) is 0 Å².